The van der Waals surface area contributed by atoms with Gasteiger partial charge in [0.1, 0.15) is 5.82 Å². The van der Waals surface area contributed by atoms with Crippen molar-refractivity contribution in [3.05, 3.63) is 53.1 Å². The van der Waals surface area contributed by atoms with Gasteiger partial charge in [-0.2, -0.15) is 5.10 Å². The first kappa shape index (κ1) is 17.5. The normalized spacial score (nSPS) is 13.7. The van der Waals surface area contributed by atoms with Crippen molar-refractivity contribution in [1.82, 2.24) is 25.3 Å². The van der Waals surface area contributed by atoms with Gasteiger partial charge in [-0.15, -0.1) is 0 Å². The third kappa shape index (κ3) is 3.25. The molecule has 1 saturated carbocycles. The zero-order valence-electron chi connectivity index (χ0n) is 15.8. The topological polar surface area (TPSA) is 136 Å². The van der Waals surface area contributed by atoms with Crippen molar-refractivity contribution in [3.8, 4) is 11.4 Å². The number of carbonyl (C=O) groups is 1. The van der Waals surface area contributed by atoms with Crippen molar-refractivity contribution in [2.24, 2.45) is 5.73 Å². The number of pyridine rings is 1. The molecular formula is C20H19N7O2. The Hall–Kier alpha value is -3.59. The molecule has 4 N–H and O–H groups in total. The number of nitrogens with one attached hydrogen (secondary N) is 2. The van der Waals surface area contributed by atoms with E-state index in [-0.39, 0.29) is 5.91 Å². The highest BCUT2D eigenvalue weighted by Gasteiger charge is 2.28. The van der Waals surface area contributed by atoms with Crippen LogP contribution in [0, 0.1) is 6.92 Å². The molecule has 5 rings (SSSR count). The van der Waals surface area contributed by atoms with Crippen LogP contribution in [0.15, 0.2) is 34.9 Å². The smallest absolute Gasteiger partial charge is 0.259 e. The van der Waals surface area contributed by atoms with Gasteiger partial charge in [0, 0.05) is 22.9 Å². The predicted molar refractivity (Wildman–Crippen MR) is 106 cm³/mol. The maximum absolute atomic E-state index is 13.0. The fourth-order valence-electron chi connectivity index (χ4n) is 3.30. The molecule has 1 aliphatic carbocycles. The number of carbonyl (C=O) groups excluding carboxylic acids is 1. The number of rotatable bonds is 5. The van der Waals surface area contributed by atoms with Crippen LogP contribution in [0.1, 0.15) is 46.3 Å². The minimum Gasteiger partial charge on any atom is -0.336 e. The summed E-state index contributed by atoms with van der Waals surface area (Å²) in [6, 6.07) is 9.18. The van der Waals surface area contributed by atoms with E-state index in [0.29, 0.717) is 52.2 Å². The molecule has 4 aromatic rings. The lowest BCUT2D eigenvalue weighted by molar-refractivity contribution is 0.102. The Morgan fingerprint density at radius 3 is 2.76 bits per heavy atom. The second kappa shape index (κ2) is 6.78. The van der Waals surface area contributed by atoms with Crippen molar-refractivity contribution in [1.29, 1.82) is 0 Å². The highest BCUT2D eigenvalue weighted by Crippen LogP contribution is 2.40. The van der Waals surface area contributed by atoms with Crippen molar-refractivity contribution < 1.29 is 9.32 Å². The van der Waals surface area contributed by atoms with Crippen molar-refractivity contribution in [2.45, 2.75) is 32.2 Å². The predicted octanol–water partition coefficient (Wildman–Crippen LogP) is 2.90. The fraction of sp³-hybridized carbons (Fsp3) is 0.250. The molecule has 0 radical (unpaired) electrons. The van der Waals surface area contributed by atoms with Crippen molar-refractivity contribution in [3.63, 3.8) is 0 Å². The van der Waals surface area contributed by atoms with Gasteiger partial charge >= 0.3 is 0 Å². The molecule has 1 fully saturated rings. The SMILES string of the molecule is Cc1noc2nc(C3CC3)cc(C(=O)Nc3ccc(-c4n[nH]c(CN)n4)cc3)c12. The Balaban J connectivity index is 1.42. The van der Waals surface area contributed by atoms with E-state index >= 15 is 0 Å². The summed E-state index contributed by atoms with van der Waals surface area (Å²) in [6.45, 7) is 2.11. The number of amides is 1. The molecule has 0 spiro atoms. The summed E-state index contributed by atoms with van der Waals surface area (Å²) < 4.78 is 5.32. The molecule has 3 heterocycles. The summed E-state index contributed by atoms with van der Waals surface area (Å²) in [6.07, 6.45) is 2.17. The summed E-state index contributed by atoms with van der Waals surface area (Å²) >= 11 is 0. The number of fused-ring (bicyclic) bond motifs is 1. The molecular weight excluding hydrogens is 370 g/mol. The van der Waals surface area contributed by atoms with E-state index in [2.05, 4.69) is 30.6 Å². The fourth-order valence-corrected chi connectivity index (χ4v) is 3.30. The minimum absolute atomic E-state index is 0.221. The third-order valence-electron chi connectivity index (χ3n) is 5.00. The summed E-state index contributed by atoms with van der Waals surface area (Å²) in [5.41, 5.74) is 9.52. The van der Waals surface area contributed by atoms with E-state index in [1.165, 1.54) is 0 Å². The van der Waals surface area contributed by atoms with E-state index in [4.69, 9.17) is 10.3 Å². The maximum atomic E-state index is 13.0. The molecule has 0 saturated heterocycles. The van der Waals surface area contributed by atoms with Gasteiger partial charge in [0.05, 0.1) is 23.2 Å². The monoisotopic (exact) mass is 389 g/mol. The van der Waals surface area contributed by atoms with Crippen LogP contribution in [0.25, 0.3) is 22.5 Å². The molecule has 146 valence electrons. The number of benzene rings is 1. The summed E-state index contributed by atoms with van der Waals surface area (Å²) in [5, 5.41) is 14.5. The molecule has 0 atom stereocenters. The van der Waals surface area contributed by atoms with Gasteiger partial charge in [0.15, 0.2) is 5.82 Å². The highest BCUT2D eigenvalue weighted by atomic mass is 16.5. The molecule has 9 heteroatoms. The molecule has 0 aliphatic heterocycles. The lowest BCUT2D eigenvalue weighted by atomic mass is 10.1. The van der Waals surface area contributed by atoms with Crippen LogP contribution in [0.5, 0.6) is 0 Å². The van der Waals surface area contributed by atoms with Crippen LogP contribution in [0.4, 0.5) is 5.69 Å². The number of aromatic amines is 1. The Morgan fingerprint density at radius 1 is 1.28 bits per heavy atom. The van der Waals surface area contributed by atoms with Gasteiger partial charge in [-0.05, 0) is 50.1 Å². The van der Waals surface area contributed by atoms with Gasteiger partial charge in [-0.1, -0.05) is 5.16 Å². The van der Waals surface area contributed by atoms with Crippen LogP contribution in [-0.2, 0) is 6.54 Å². The van der Waals surface area contributed by atoms with Crippen LogP contribution >= 0.6 is 0 Å². The first-order chi connectivity index (χ1) is 14.1. The van der Waals surface area contributed by atoms with Gasteiger partial charge in [-0.3, -0.25) is 9.89 Å². The number of aryl methyl sites for hydroxylation is 1. The first-order valence-corrected chi connectivity index (χ1v) is 9.42. The van der Waals surface area contributed by atoms with E-state index in [0.717, 1.165) is 24.1 Å². The molecule has 3 aromatic heterocycles. The van der Waals surface area contributed by atoms with Gasteiger partial charge in [-0.25, -0.2) is 9.97 Å². The van der Waals surface area contributed by atoms with Crippen molar-refractivity contribution in [2.75, 3.05) is 5.32 Å². The van der Waals surface area contributed by atoms with Crippen LogP contribution in [0.2, 0.25) is 0 Å². The van der Waals surface area contributed by atoms with E-state index in [1.807, 2.05) is 37.3 Å². The second-order valence-electron chi connectivity index (χ2n) is 7.16. The van der Waals surface area contributed by atoms with Gasteiger partial charge in [0.25, 0.3) is 11.6 Å². The number of nitrogens with two attached hydrogens (primary N) is 1. The standard InChI is InChI=1S/C20H19N7O2/c1-10-17-14(8-15(11-2-3-11)23-20(17)29-27-10)19(28)22-13-6-4-12(5-7-13)18-24-16(9-21)25-26-18/h4-8,11H,2-3,9,21H2,1H3,(H,22,28)(H,24,25,26). The summed E-state index contributed by atoms with van der Waals surface area (Å²) in [7, 11) is 0. The van der Waals surface area contributed by atoms with Crippen LogP contribution in [0.3, 0.4) is 0 Å². The minimum atomic E-state index is -0.221. The lowest BCUT2D eigenvalue weighted by Gasteiger charge is -2.08. The Bertz CT molecular complexity index is 1210. The molecule has 1 amide bonds. The Labute approximate surface area is 165 Å². The van der Waals surface area contributed by atoms with Gasteiger partial charge < -0.3 is 15.6 Å². The van der Waals surface area contributed by atoms with Crippen LogP contribution < -0.4 is 11.1 Å². The number of hydrogen-bond donors (Lipinski definition) is 3. The third-order valence-corrected chi connectivity index (χ3v) is 5.00. The molecule has 1 aliphatic rings. The molecule has 9 nitrogen and oxygen atoms in total. The number of aromatic nitrogens is 5. The number of anilines is 1. The Kier molecular flexibility index (Phi) is 4.09. The second-order valence-corrected chi connectivity index (χ2v) is 7.16. The quantitative estimate of drug-likeness (QED) is 0.477. The molecule has 1 aromatic carbocycles. The molecule has 0 bridgehead atoms. The van der Waals surface area contributed by atoms with Crippen molar-refractivity contribution >= 4 is 22.7 Å². The Morgan fingerprint density at radius 2 is 2.07 bits per heavy atom. The highest BCUT2D eigenvalue weighted by molar-refractivity contribution is 6.12. The zero-order chi connectivity index (χ0) is 20.0. The van der Waals surface area contributed by atoms with E-state index < -0.39 is 0 Å². The first-order valence-electron chi connectivity index (χ1n) is 9.42. The molecule has 0 unspecified atom stereocenters. The molecule has 29 heavy (non-hydrogen) atoms. The maximum Gasteiger partial charge on any atom is 0.259 e. The number of hydrogen-bond acceptors (Lipinski definition) is 7. The van der Waals surface area contributed by atoms with Gasteiger partial charge in [0.2, 0.25) is 0 Å². The number of H-pyrrole nitrogens is 1. The average Bonchev–Trinajstić information content (AvgIpc) is 3.37. The summed E-state index contributed by atoms with van der Waals surface area (Å²) in [5.74, 6) is 1.36. The zero-order valence-corrected chi connectivity index (χ0v) is 15.8. The van der Waals surface area contributed by atoms with E-state index in [1.54, 1.807) is 0 Å². The van der Waals surface area contributed by atoms with E-state index in [9.17, 15) is 4.79 Å². The largest absolute Gasteiger partial charge is 0.336 e. The lowest BCUT2D eigenvalue weighted by Crippen LogP contribution is -2.13. The summed E-state index contributed by atoms with van der Waals surface area (Å²) in [4.78, 5) is 21.8. The average molecular weight is 389 g/mol. The van der Waals surface area contributed by atoms with Crippen LogP contribution in [-0.4, -0.2) is 31.2 Å². The number of nitrogens with zero attached hydrogens (tertiary/aromatic N) is 4.